The second-order valence-electron chi connectivity index (χ2n) is 5.27. The van der Waals surface area contributed by atoms with E-state index in [0.29, 0.717) is 4.47 Å². The Balaban J connectivity index is 1.68. The minimum atomic E-state index is 0.262. The largest absolute Gasteiger partial charge is 0.336 e. The molecule has 0 saturated carbocycles. The fraction of sp³-hybridized carbons (Fsp3) is 0.667. The summed E-state index contributed by atoms with van der Waals surface area (Å²) in [4.78, 5) is 2.27. The first-order valence-corrected chi connectivity index (χ1v) is 8.20. The van der Waals surface area contributed by atoms with E-state index in [2.05, 4.69) is 29.9 Å². The van der Waals surface area contributed by atoms with Crippen LogP contribution in [0.5, 0.6) is 0 Å². The van der Waals surface area contributed by atoms with Gasteiger partial charge < -0.3 is 9.47 Å². The molecular weight excluding hydrogens is 296 g/mol. The summed E-state index contributed by atoms with van der Waals surface area (Å²) < 4.78 is 2.80. The third-order valence-corrected chi connectivity index (χ3v) is 5.13. The second kappa shape index (κ2) is 4.96. The van der Waals surface area contributed by atoms with Crippen LogP contribution >= 0.6 is 22.9 Å². The van der Waals surface area contributed by atoms with Crippen molar-refractivity contribution >= 4 is 28.1 Å². The van der Waals surface area contributed by atoms with Gasteiger partial charge in [-0.1, -0.05) is 11.3 Å². The minimum absolute atomic E-state index is 0.262. The molecule has 1 fully saturated rings. The Morgan fingerprint density at radius 3 is 2.85 bits per heavy atom. The molecule has 0 radical (unpaired) electrons. The lowest BCUT2D eigenvalue weighted by Crippen LogP contribution is -2.26. The molecule has 2 aromatic rings. The lowest BCUT2D eigenvalue weighted by Gasteiger charge is -2.24. The van der Waals surface area contributed by atoms with Crippen LogP contribution in [0.2, 0.25) is 4.47 Å². The van der Waals surface area contributed by atoms with E-state index in [4.69, 9.17) is 11.6 Å². The Hall–Kier alpha value is -1.21. The van der Waals surface area contributed by atoms with Gasteiger partial charge in [-0.3, -0.25) is 0 Å². The van der Waals surface area contributed by atoms with Crippen LogP contribution in [0, 0.1) is 0 Å². The third-order valence-electron chi connectivity index (χ3n) is 4.07. The number of rotatable bonds is 2. The molecule has 4 rings (SSSR count). The van der Waals surface area contributed by atoms with Gasteiger partial charge in [-0.05, 0) is 37.3 Å². The smallest absolute Gasteiger partial charge is 0.210 e. The van der Waals surface area contributed by atoms with Crippen LogP contribution in [-0.4, -0.2) is 31.5 Å². The summed E-state index contributed by atoms with van der Waals surface area (Å²) in [5.74, 6) is 2.22. The Labute approximate surface area is 125 Å². The minimum Gasteiger partial charge on any atom is -0.336 e. The topological polar surface area (TPSA) is 59.7 Å². The highest BCUT2D eigenvalue weighted by molar-refractivity contribution is 7.19. The molecule has 106 valence electrons. The third kappa shape index (κ3) is 2.00. The maximum absolute atomic E-state index is 5.91. The first-order valence-electron chi connectivity index (χ1n) is 7.00. The van der Waals surface area contributed by atoms with E-state index in [-0.39, 0.29) is 6.04 Å². The highest BCUT2D eigenvalue weighted by atomic mass is 35.5. The van der Waals surface area contributed by atoms with Gasteiger partial charge >= 0.3 is 0 Å². The van der Waals surface area contributed by atoms with Crippen molar-refractivity contribution in [1.29, 1.82) is 0 Å². The molecular formula is C12H15ClN6S. The number of aryl methyl sites for hydroxylation is 1. The molecule has 8 heteroatoms. The first kappa shape index (κ1) is 12.5. The van der Waals surface area contributed by atoms with Gasteiger partial charge in [-0.2, -0.15) is 0 Å². The lowest BCUT2D eigenvalue weighted by atomic mass is 10.1. The SMILES string of the molecule is Clc1nnc(N2CCC[C@H]2c2nnc3n2CCCC3)s1. The van der Waals surface area contributed by atoms with Crippen LogP contribution in [-0.2, 0) is 13.0 Å². The fourth-order valence-electron chi connectivity index (χ4n) is 3.16. The molecule has 0 aliphatic carbocycles. The number of anilines is 1. The van der Waals surface area contributed by atoms with Crippen molar-refractivity contribution in [2.24, 2.45) is 0 Å². The number of fused-ring (bicyclic) bond motifs is 1. The molecule has 0 bridgehead atoms. The highest BCUT2D eigenvalue weighted by Crippen LogP contribution is 2.38. The van der Waals surface area contributed by atoms with Crippen LogP contribution in [0.1, 0.15) is 43.4 Å². The van der Waals surface area contributed by atoms with Crippen LogP contribution in [0.15, 0.2) is 0 Å². The summed E-state index contributed by atoms with van der Waals surface area (Å²) in [6.45, 7) is 2.03. The predicted molar refractivity (Wildman–Crippen MR) is 77.2 cm³/mol. The molecule has 0 amide bonds. The molecule has 2 aliphatic rings. The lowest BCUT2D eigenvalue weighted by molar-refractivity contribution is 0.489. The van der Waals surface area contributed by atoms with Gasteiger partial charge in [0.05, 0.1) is 6.04 Å². The predicted octanol–water partition coefficient (Wildman–Crippen LogP) is 2.46. The van der Waals surface area contributed by atoms with E-state index in [0.717, 1.165) is 49.1 Å². The van der Waals surface area contributed by atoms with Crippen molar-refractivity contribution < 1.29 is 0 Å². The summed E-state index contributed by atoms with van der Waals surface area (Å²) in [7, 11) is 0. The monoisotopic (exact) mass is 310 g/mol. The Kier molecular flexibility index (Phi) is 3.11. The molecule has 0 spiro atoms. The molecule has 2 aromatic heterocycles. The summed E-state index contributed by atoms with van der Waals surface area (Å²) in [5.41, 5.74) is 0. The number of aromatic nitrogens is 5. The van der Waals surface area contributed by atoms with Crippen LogP contribution < -0.4 is 4.90 Å². The van der Waals surface area contributed by atoms with E-state index >= 15 is 0 Å². The average Bonchev–Trinajstić information content (AvgIpc) is 3.15. The van der Waals surface area contributed by atoms with E-state index in [1.54, 1.807) is 0 Å². The van der Waals surface area contributed by atoms with Crippen molar-refractivity contribution in [1.82, 2.24) is 25.0 Å². The standard InChI is InChI=1S/C12H15ClN6S/c13-11-16-17-12(20-11)18-7-3-4-8(18)10-15-14-9-5-1-2-6-19(9)10/h8H,1-7H2/t8-/m0/s1. The zero-order valence-corrected chi connectivity index (χ0v) is 12.6. The molecule has 0 aromatic carbocycles. The fourth-order valence-corrected chi connectivity index (χ4v) is 4.05. The molecule has 0 N–H and O–H groups in total. The van der Waals surface area contributed by atoms with E-state index in [1.807, 2.05) is 0 Å². The van der Waals surface area contributed by atoms with E-state index < -0.39 is 0 Å². The van der Waals surface area contributed by atoms with Gasteiger partial charge in [0, 0.05) is 19.5 Å². The molecule has 1 atom stereocenters. The zero-order chi connectivity index (χ0) is 13.5. The Morgan fingerprint density at radius 1 is 1.05 bits per heavy atom. The molecule has 20 heavy (non-hydrogen) atoms. The summed E-state index contributed by atoms with van der Waals surface area (Å²) in [6.07, 6.45) is 5.72. The van der Waals surface area contributed by atoms with Gasteiger partial charge in [0.2, 0.25) is 9.60 Å². The van der Waals surface area contributed by atoms with Crippen molar-refractivity contribution in [2.45, 2.75) is 44.7 Å². The Bertz CT molecular complexity index is 623. The average molecular weight is 311 g/mol. The molecule has 4 heterocycles. The van der Waals surface area contributed by atoms with Crippen molar-refractivity contribution in [2.75, 3.05) is 11.4 Å². The van der Waals surface area contributed by atoms with E-state index in [1.165, 1.54) is 24.2 Å². The van der Waals surface area contributed by atoms with E-state index in [9.17, 15) is 0 Å². The van der Waals surface area contributed by atoms with Crippen molar-refractivity contribution in [3.63, 3.8) is 0 Å². The normalized spacial score (nSPS) is 22.2. The molecule has 0 unspecified atom stereocenters. The van der Waals surface area contributed by atoms with Gasteiger partial charge in [0.1, 0.15) is 5.82 Å². The summed E-state index contributed by atoms with van der Waals surface area (Å²) in [6, 6.07) is 0.262. The first-order chi connectivity index (χ1) is 9.83. The van der Waals surface area contributed by atoms with Crippen LogP contribution in [0.4, 0.5) is 5.13 Å². The van der Waals surface area contributed by atoms with Crippen LogP contribution in [0.25, 0.3) is 0 Å². The second-order valence-corrected chi connectivity index (χ2v) is 6.81. The quantitative estimate of drug-likeness (QED) is 0.852. The number of nitrogens with zero attached hydrogens (tertiary/aromatic N) is 6. The van der Waals surface area contributed by atoms with Crippen LogP contribution in [0.3, 0.4) is 0 Å². The van der Waals surface area contributed by atoms with Gasteiger partial charge in [-0.25, -0.2) is 0 Å². The number of hydrogen-bond acceptors (Lipinski definition) is 6. The number of hydrogen-bond donors (Lipinski definition) is 0. The molecule has 2 aliphatic heterocycles. The molecule has 6 nitrogen and oxygen atoms in total. The highest BCUT2D eigenvalue weighted by Gasteiger charge is 2.33. The van der Waals surface area contributed by atoms with Gasteiger partial charge in [0.15, 0.2) is 5.82 Å². The zero-order valence-electron chi connectivity index (χ0n) is 11.0. The number of halogens is 1. The summed E-state index contributed by atoms with van der Waals surface area (Å²) in [5, 5.41) is 17.8. The molecule has 1 saturated heterocycles. The maximum Gasteiger partial charge on any atom is 0.210 e. The van der Waals surface area contributed by atoms with Crippen molar-refractivity contribution in [3.8, 4) is 0 Å². The summed E-state index contributed by atoms with van der Waals surface area (Å²) >= 11 is 7.35. The Morgan fingerprint density at radius 2 is 2.00 bits per heavy atom. The van der Waals surface area contributed by atoms with Gasteiger partial charge in [-0.15, -0.1) is 20.4 Å². The van der Waals surface area contributed by atoms with Crippen molar-refractivity contribution in [3.05, 3.63) is 16.1 Å². The maximum atomic E-state index is 5.91. The van der Waals surface area contributed by atoms with Gasteiger partial charge in [0.25, 0.3) is 0 Å².